The molecular formula is C10H20O. The van der Waals surface area contributed by atoms with Crippen molar-refractivity contribution < 1.29 is 5.11 Å². The fraction of sp³-hybridized carbons (Fsp3) is 0.800. The van der Waals surface area contributed by atoms with Gasteiger partial charge >= 0.3 is 0 Å². The molecule has 1 N–H and O–H groups in total. The Kier molecular flexibility index (Phi) is 6.24. The molecule has 0 heterocycles. The number of rotatable bonds is 5. The molecule has 0 radical (unpaired) electrons. The summed E-state index contributed by atoms with van der Waals surface area (Å²) < 4.78 is 0. The summed E-state index contributed by atoms with van der Waals surface area (Å²) in [6.07, 6.45) is 6.12. The van der Waals surface area contributed by atoms with Gasteiger partial charge in [-0.3, -0.25) is 0 Å². The van der Waals surface area contributed by atoms with E-state index in [4.69, 9.17) is 0 Å². The molecule has 0 spiro atoms. The molecule has 0 aromatic carbocycles. The predicted octanol–water partition coefficient (Wildman–Crippen LogP) is 2.89. The summed E-state index contributed by atoms with van der Waals surface area (Å²) in [6.45, 7) is 6.24. The smallest absolute Gasteiger partial charge is 0.0747 e. The Hall–Kier alpha value is -0.300. The summed E-state index contributed by atoms with van der Waals surface area (Å²) >= 11 is 0. The lowest BCUT2D eigenvalue weighted by atomic mass is 10.1. The van der Waals surface area contributed by atoms with Gasteiger partial charge in [-0.1, -0.05) is 32.8 Å². The van der Waals surface area contributed by atoms with Crippen LogP contribution >= 0.6 is 0 Å². The van der Waals surface area contributed by atoms with Gasteiger partial charge in [0, 0.05) is 0 Å². The van der Waals surface area contributed by atoms with Gasteiger partial charge in [-0.05, 0) is 25.3 Å². The molecule has 1 unspecified atom stereocenters. The number of hydrogen-bond acceptors (Lipinski definition) is 1. The van der Waals surface area contributed by atoms with Gasteiger partial charge in [-0.2, -0.15) is 0 Å². The van der Waals surface area contributed by atoms with E-state index in [1.165, 1.54) is 0 Å². The molecule has 0 amide bonds. The summed E-state index contributed by atoms with van der Waals surface area (Å²) in [5, 5.41) is 9.51. The molecule has 1 nitrogen and oxygen atoms in total. The van der Waals surface area contributed by atoms with Crippen molar-refractivity contribution in [3.05, 3.63) is 11.6 Å². The van der Waals surface area contributed by atoms with Gasteiger partial charge < -0.3 is 5.11 Å². The molecular weight excluding hydrogens is 136 g/mol. The lowest BCUT2D eigenvalue weighted by Gasteiger charge is -2.09. The largest absolute Gasteiger partial charge is 0.389 e. The topological polar surface area (TPSA) is 20.2 Å². The zero-order valence-electron chi connectivity index (χ0n) is 7.93. The summed E-state index contributed by atoms with van der Waals surface area (Å²) in [4.78, 5) is 0. The van der Waals surface area contributed by atoms with Gasteiger partial charge in [-0.25, -0.2) is 0 Å². The van der Waals surface area contributed by atoms with Crippen LogP contribution in [0.4, 0.5) is 0 Å². The fourth-order valence-corrected chi connectivity index (χ4v) is 1.08. The van der Waals surface area contributed by atoms with Crippen LogP contribution in [0.3, 0.4) is 0 Å². The SMILES string of the molecule is CC/C=C(/C)C(O)CCCC. The minimum absolute atomic E-state index is 0.199. The van der Waals surface area contributed by atoms with E-state index in [0.717, 1.165) is 31.3 Å². The highest BCUT2D eigenvalue weighted by Gasteiger charge is 2.03. The molecule has 0 fully saturated rings. The third-order valence-electron chi connectivity index (χ3n) is 1.88. The van der Waals surface area contributed by atoms with E-state index in [9.17, 15) is 5.11 Å². The first-order valence-electron chi connectivity index (χ1n) is 4.57. The van der Waals surface area contributed by atoms with Gasteiger partial charge in [-0.15, -0.1) is 0 Å². The van der Waals surface area contributed by atoms with Crippen LogP contribution < -0.4 is 0 Å². The Bertz CT molecular complexity index is 116. The molecule has 0 saturated carbocycles. The van der Waals surface area contributed by atoms with Crippen LogP contribution in [-0.4, -0.2) is 11.2 Å². The Balaban J connectivity index is 3.63. The van der Waals surface area contributed by atoms with Crippen molar-refractivity contribution in [2.24, 2.45) is 0 Å². The van der Waals surface area contributed by atoms with E-state index in [1.54, 1.807) is 0 Å². The average molecular weight is 156 g/mol. The first kappa shape index (κ1) is 10.7. The zero-order chi connectivity index (χ0) is 8.69. The highest BCUT2D eigenvalue weighted by Crippen LogP contribution is 2.09. The molecule has 0 aliphatic heterocycles. The van der Waals surface area contributed by atoms with Crippen molar-refractivity contribution in [3.63, 3.8) is 0 Å². The van der Waals surface area contributed by atoms with Gasteiger partial charge in [0.1, 0.15) is 0 Å². The molecule has 1 atom stereocenters. The maximum Gasteiger partial charge on any atom is 0.0747 e. The molecule has 0 aliphatic rings. The van der Waals surface area contributed by atoms with Crippen molar-refractivity contribution in [1.29, 1.82) is 0 Å². The normalized spacial score (nSPS) is 15.1. The number of unbranched alkanes of at least 4 members (excludes halogenated alkanes) is 1. The van der Waals surface area contributed by atoms with Crippen LogP contribution in [-0.2, 0) is 0 Å². The number of aliphatic hydroxyl groups excluding tert-OH is 1. The maximum absolute atomic E-state index is 9.51. The maximum atomic E-state index is 9.51. The van der Waals surface area contributed by atoms with Crippen LogP contribution in [0.15, 0.2) is 11.6 Å². The minimum atomic E-state index is -0.199. The van der Waals surface area contributed by atoms with Crippen LogP contribution in [0, 0.1) is 0 Å². The predicted molar refractivity (Wildman–Crippen MR) is 49.6 cm³/mol. The third-order valence-corrected chi connectivity index (χ3v) is 1.88. The quantitative estimate of drug-likeness (QED) is 0.607. The van der Waals surface area contributed by atoms with E-state index in [1.807, 2.05) is 6.92 Å². The summed E-state index contributed by atoms with van der Waals surface area (Å²) in [7, 11) is 0. The Morgan fingerprint density at radius 3 is 2.55 bits per heavy atom. The van der Waals surface area contributed by atoms with Gasteiger partial charge in [0.15, 0.2) is 0 Å². The summed E-state index contributed by atoms with van der Waals surface area (Å²) in [6, 6.07) is 0. The van der Waals surface area contributed by atoms with Crippen molar-refractivity contribution in [2.45, 2.75) is 52.6 Å². The van der Waals surface area contributed by atoms with Crippen LogP contribution in [0.1, 0.15) is 46.5 Å². The first-order valence-corrected chi connectivity index (χ1v) is 4.57. The Morgan fingerprint density at radius 1 is 1.45 bits per heavy atom. The van der Waals surface area contributed by atoms with Gasteiger partial charge in [0.25, 0.3) is 0 Å². The van der Waals surface area contributed by atoms with Crippen LogP contribution in [0.5, 0.6) is 0 Å². The molecule has 0 aliphatic carbocycles. The van der Waals surface area contributed by atoms with E-state index in [-0.39, 0.29) is 6.10 Å². The molecule has 1 heteroatoms. The highest BCUT2D eigenvalue weighted by atomic mass is 16.3. The van der Waals surface area contributed by atoms with Crippen LogP contribution in [0.2, 0.25) is 0 Å². The number of allylic oxidation sites excluding steroid dienone is 1. The Labute approximate surface area is 70.1 Å². The van der Waals surface area contributed by atoms with Crippen molar-refractivity contribution in [3.8, 4) is 0 Å². The number of aliphatic hydroxyl groups is 1. The number of hydrogen-bond donors (Lipinski definition) is 1. The minimum Gasteiger partial charge on any atom is -0.389 e. The highest BCUT2D eigenvalue weighted by molar-refractivity contribution is 5.03. The molecule has 0 bridgehead atoms. The van der Waals surface area contributed by atoms with E-state index >= 15 is 0 Å². The second kappa shape index (κ2) is 6.41. The first-order chi connectivity index (χ1) is 5.22. The average Bonchev–Trinajstić information content (AvgIpc) is 2.00. The molecule has 0 rings (SSSR count). The van der Waals surface area contributed by atoms with Gasteiger partial charge in [0.05, 0.1) is 6.10 Å². The second-order valence-electron chi connectivity index (χ2n) is 3.01. The Morgan fingerprint density at radius 2 is 2.09 bits per heavy atom. The molecule has 0 saturated heterocycles. The van der Waals surface area contributed by atoms with E-state index < -0.39 is 0 Å². The second-order valence-corrected chi connectivity index (χ2v) is 3.01. The van der Waals surface area contributed by atoms with Crippen molar-refractivity contribution in [2.75, 3.05) is 0 Å². The van der Waals surface area contributed by atoms with Gasteiger partial charge in [0.2, 0.25) is 0 Å². The fourth-order valence-electron chi connectivity index (χ4n) is 1.08. The monoisotopic (exact) mass is 156 g/mol. The van der Waals surface area contributed by atoms with E-state index in [0.29, 0.717) is 0 Å². The van der Waals surface area contributed by atoms with E-state index in [2.05, 4.69) is 19.9 Å². The molecule has 0 aromatic rings. The van der Waals surface area contributed by atoms with Crippen molar-refractivity contribution in [1.82, 2.24) is 0 Å². The van der Waals surface area contributed by atoms with Crippen molar-refractivity contribution >= 4 is 0 Å². The molecule has 0 aromatic heterocycles. The van der Waals surface area contributed by atoms with Crippen LogP contribution in [0.25, 0.3) is 0 Å². The lowest BCUT2D eigenvalue weighted by Crippen LogP contribution is -2.07. The zero-order valence-corrected chi connectivity index (χ0v) is 7.93. The standard InChI is InChI=1S/C10H20O/c1-4-6-8-10(11)9(3)7-5-2/h7,10-11H,4-6,8H2,1-3H3/b9-7-. The third kappa shape index (κ3) is 5.02. The molecule has 66 valence electrons. The summed E-state index contributed by atoms with van der Waals surface area (Å²) in [5.41, 5.74) is 1.13. The molecule has 11 heavy (non-hydrogen) atoms. The lowest BCUT2D eigenvalue weighted by molar-refractivity contribution is 0.196. The summed E-state index contributed by atoms with van der Waals surface area (Å²) in [5.74, 6) is 0.